The van der Waals surface area contributed by atoms with E-state index < -0.39 is 5.97 Å². The minimum atomic E-state index is -0.741. The smallest absolute Gasteiger partial charge is 0.305 e. The Morgan fingerprint density at radius 3 is 2.41 bits per heavy atom. The predicted molar refractivity (Wildman–Crippen MR) is 152 cm³/mol. The van der Waals surface area contributed by atoms with E-state index in [0.29, 0.717) is 10.0 Å². The van der Waals surface area contributed by atoms with E-state index in [1.165, 1.54) is 0 Å². The van der Waals surface area contributed by atoms with Crippen molar-refractivity contribution in [3.63, 3.8) is 0 Å². The van der Waals surface area contributed by atoms with Crippen LogP contribution in [0.15, 0.2) is 30.6 Å². The number of piperidine rings is 2. The van der Waals surface area contributed by atoms with Crippen molar-refractivity contribution in [1.29, 1.82) is 0 Å². The van der Waals surface area contributed by atoms with Crippen molar-refractivity contribution in [2.24, 2.45) is 5.92 Å². The molecule has 0 bridgehead atoms. The summed E-state index contributed by atoms with van der Waals surface area (Å²) in [7, 11) is 0. The average molecular weight is 576 g/mol. The molecule has 1 amide bonds. The van der Waals surface area contributed by atoms with E-state index in [-0.39, 0.29) is 29.8 Å². The van der Waals surface area contributed by atoms with Gasteiger partial charge in [0.2, 0.25) is 5.91 Å². The number of benzene rings is 1. The van der Waals surface area contributed by atoms with Gasteiger partial charge in [0.05, 0.1) is 29.9 Å². The third-order valence-electron chi connectivity index (χ3n) is 7.43. The van der Waals surface area contributed by atoms with Gasteiger partial charge in [-0.05, 0) is 56.8 Å². The molecule has 1 aromatic carbocycles. The van der Waals surface area contributed by atoms with Gasteiger partial charge in [0, 0.05) is 35.2 Å². The Hall–Kier alpha value is -2.75. The first-order valence-corrected chi connectivity index (χ1v) is 14.3. The molecule has 0 radical (unpaired) electrons. The SMILES string of the molecule is CC(C)C(=O)O.CC(c1ccc(Cl)cc1Cl)n1ncc2ncc(C3CCN(C(=O)C4CCCCN4)CC3)nc21. The van der Waals surface area contributed by atoms with Crippen LogP contribution in [0.5, 0.6) is 0 Å². The molecule has 2 unspecified atom stereocenters. The molecule has 2 aromatic heterocycles. The minimum Gasteiger partial charge on any atom is -0.481 e. The summed E-state index contributed by atoms with van der Waals surface area (Å²) in [6, 6.07) is 5.38. The molecule has 2 fully saturated rings. The second kappa shape index (κ2) is 13.1. The van der Waals surface area contributed by atoms with Crippen LogP contribution in [0.2, 0.25) is 10.0 Å². The number of aromatic nitrogens is 4. The Labute approximate surface area is 238 Å². The summed E-state index contributed by atoms with van der Waals surface area (Å²) in [6.07, 6.45) is 8.62. The summed E-state index contributed by atoms with van der Waals surface area (Å²) >= 11 is 12.5. The van der Waals surface area contributed by atoms with Crippen molar-refractivity contribution in [3.8, 4) is 0 Å². The van der Waals surface area contributed by atoms with Gasteiger partial charge in [-0.2, -0.15) is 5.10 Å². The monoisotopic (exact) mass is 574 g/mol. The number of carbonyl (C=O) groups excluding carboxylic acids is 1. The highest BCUT2D eigenvalue weighted by Gasteiger charge is 2.30. The van der Waals surface area contributed by atoms with E-state index >= 15 is 0 Å². The van der Waals surface area contributed by atoms with Gasteiger partial charge >= 0.3 is 5.97 Å². The normalized spacial score (nSPS) is 19.0. The van der Waals surface area contributed by atoms with Crippen LogP contribution in [-0.4, -0.2) is 67.3 Å². The number of amides is 1. The van der Waals surface area contributed by atoms with Crippen molar-refractivity contribution in [1.82, 2.24) is 30.0 Å². The van der Waals surface area contributed by atoms with E-state index in [1.807, 2.05) is 34.8 Å². The zero-order valence-electron chi connectivity index (χ0n) is 22.6. The first-order chi connectivity index (χ1) is 18.7. The Bertz CT molecular complexity index is 1300. The molecule has 2 atom stereocenters. The van der Waals surface area contributed by atoms with Gasteiger partial charge < -0.3 is 15.3 Å². The number of carboxylic acid groups (broad SMARTS) is 1. The van der Waals surface area contributed by atoms with Gasteiger partial charge in [-0.15, -0.1) is 0 Å². The Balaban J connectivity index is 0.000000531. The number of fused-ring (bicyclic) bond motifs is 1. The maximum Gasteiger partial charge on any atom is 0.305 e. The number of aliphatic carboxylic acids is 1. The summed E-state index contributed by atoms with van der Waals surface area (Å²) in [4.78, 5) is 34.1. The fourth-order valence-electron chi connectivity index (χ4n) is 4.96. The molecular weight excluding hydrogens is 539 g/mol. The molecule has 0 aliphatic carbocycles. The largest absolute Gasteiger partial charge is 0.481 e. The molecule has 0 saturated carbocycles. The van der Waals surface area contributed by atoms with Crippen LogP contribution in [0.25, 0.3) is 11.2 Å². The number of halogens is 2. The van der Waals surface area contributed by atoms with Gasteiger partial charge in [-0.1, -0.05) is 49.5 Å². The molecule has 2 aliphatic rings. The predicted octanol–water partition coefficient (Wildman–Crippen LogP) is 5.32. The van der Waals surface area contributed by atoms with Gasteiger partial charge in [0.25, 0.3) is 0 Å². The molecule has 4 heterocycles. The third kappa shape index (κ3) is 7.07. The van der Waals surface area contributed by atoms with E-state index in [9.17, 15) is 9.59 Å². The lowest BCUT2D eigenvalue weighted by Crippen LogP contribution is -2.50. The lowest BCUT2D eigenvalue weighted by Gasteiger charge is -2.35. The van der Waals surface area contributed by atoms with Crippen LogP contribution in [0.4, 0.5) is 0 Å². The molecular formula is C28H36Cl2N6O3. The van der Waals surface area contributed by atoms with E-state index in [1.54, 1.807) is 26.1 Å². The molecule has 5 rings (SSSR count). The molecule has 2 aliphatic heterocycles. The molecule has 2 saturated heterocycles. The number of nitrogens with zero attached hydrogens (tertiary/aromatic N) is 5. The van der Waals surface area contributed by atoms with Crippen LogP contribution in [0.3, 0.4) is 0 Å². The zero-order valence-corrected chi connectivity index (χ0v) is 24.1. The number of hydrogen-bond donors (Lipinski definition) is 2. The average Bonchev–Trinajstić information content (AvgIpc) is 3.36. The van der Waals surface area contributed by atoms with Crippen molar-refractivity contribution in [2.45, 2.75) is 70.9 Å². The fourth-order valence-corrected chi connectivity index (χ4v) is 5.53. The molecule has 9 nitrogen and oxygen atoms in total. The number of likely N-dealkylation sites (tertiary alicyclic amines) is 1. The van der Waals surface area contributed by atoms with Crippen molar-refractivity contribution in [2.75, 3.05) is 19.6 Å². The van der Waals surface area contributed by atoms with Crippen molar-refractivity contribution < 1.29 is 14.7 Å². The summed E-state index contributed by atoms with van der Waals surface area (Å²) in [5, 5.41) is 17.1. The molecule has 11 heteroatoms. The maximum absolute atomic E-state index is 12.8. The number of carboxylic acids is 1. The topological polar surface area (TPSA) is 113 Å². The quantitative estimate of drug-likeness (QED) is 0.424. The third-order valence-corrected chi connectivity index (χ3v) is 7.99. The summed E-state index contributed by atoms with van der Waals surface area (Å²) in [5.74, 6) is -0.440. The lowest BCUT2D eigenvalue weighted by molar-refractivity contribution is -0.140. The second-order valence-electron chi connectivity index (χ2n) is 10.5. The molecule has 3 aromatic rings. The Morgan fingerprint density at radius 2 is 1.79 bits per heavy atom. The first kappa shape index (κ1) is 29.2. The minimum absolute atomic E-state index is 0.0121. The number of hydrogen-bond acceptors (Lipinski definition) is 6. The molecule has 39 heavy (non-hydrogen) atoms. The van der Waals surface area contributed by atoms with Crippen LogP contribution < -0.4 is 5.32 Å². The second-order valence-corrected chi connectivity index (χ2v) is 11.4. The van der Waals surface area contributed by atoms with Crippen LogP contribution >= 0.6 is 23.2 Å². The van der Waals surface area contributed by atoms with Gasteiger partial charge in [0.1, 0.15) is 5.52 Å². The van der Waals surface area contributed by atoms with E-state index in [2.05, 4.69) is 15.4 Å². The maximum atomic E-state index is 12.8. The fraction of sp³-hybridized carbons (Fsp3) is 0.536. The van der Waals surface area contributed by atoms with Gasteiger partial charge in [-0.25, -0.2) is 14.6 Å². The molecule has 2 N–H and O–H groups in total. The summed E-state index contributed by atoms with van der Waals surface area (Å²) in [5.41, 5.74) is 3.39. The van der Waals surface area contributed by atoms with E-state index in [0.717, 1.165) is 74.2 Å². The van der Waals surface area contributed by atoms with Crippen LogP contribution in [0.1, 0.15) is 76.1 Å². The zero-order chi connectivity index (χ0) is 28.1. The molecule has 210 valence electrons. The highest BCUT2D eigenvalue weighted by molar-refractivity contribution is 6.35. The number of nitrogens with one attached hydrogen (secondary N) is 1. The van der Waals surface area contributed by atoms with Crippen LogP contribution in [-0.2, 0) is 9.59 Å². The van der Waals surface area contributed by atoms with E-state index in [4.69, 9.17) is 33.3 Å². The highest BCUT2D eigenvalue weighted by Crippen LogP contribution is 2.31. The summed E-state index contributed by atoms with van der Waals surface area (Å²) < 4.78 is 1.87. The Morgan fingerprint density at radius 1 is 1.08 bits per heavy atom. The van der Waals surface area contributed by atoms with Gasteiger partial charge in [0.15, 0.2) is 5.65 Å². The first-order valence-electron chi connectivity index (χ1n) is 13.6. The van der Waals surface area contributed by atoms with Crippen molar-refractivity contribution >= 4 is 46.2 Å². The Kier molecular flexibility index (Phi) is 9.80. The standard InChI is InChI=1S/C24H28Cl2N6O.C4H8O2/c1-15(18-6-5-17(25)12-19(18)26)32-23-22(14-29-32)28-13-21(30-23)16-7-10-31(11-8-16)24(33)20-4-2-3-9-27-20;1-3(2)4(5)6/h5-6,12-16,20,27H,2-4,7-11H2,1H3;3H,1-2H3,(H,5,6). The number of rotatable bonds is 5. The lowest BCUT2D eigenvalue weighted by atomic mass is 9.93. The number of carbonyl (C=O) groups is 2. The van der Waals surface area contributed by atoms with Crippen molar-refractivity contribution in [3.05, 3.63) is 51.9 Å². The molecule has 0 spiro atoms. The van der Waals surface area contributed by atoms with Crippen LogP contribution in [0, 0.1) is 5.92 Å². The van der Waals surface area contributed by atoms with Gasteiger partial charge in [-0.3, -0.25) is 9.59 Å². The highest BCUT2D eigenvalue weighted by atomic mass is 35.5. The summed E-state index contributed by atoms with van der Waals surface area (Å²) in [6.45, 7) is 7.79.